The number of aromatic nitrogens is 2. The molecule has 100 valence electrons. The van der Waals surface area contributed by atoms with Gasteiger partial charge < -0.3 is 16.2 Å². The molecule has 1 heterocycles. The van der Waals surface area contributed by atoms with Crippen molar-refractivity contribution in [2.75, 3.05) is 16.2 Å². The highest BCUT2D eigenvalue weighted by atomic mass is 19.1. The molecule has 0 aliphatic carbocycles. The Labute approximate surface area is 107 Å². The van der Waals surface area contributed by atoms with Crippen molar-refractivity contribution in [3.63, 3.8) is 0 Å². The van der Waals surface area contributed by atoms with Crippen LogP contribution in [0, 0.1) is 11.6 Å². The van der Waals surface area contributed by atoms with E-state index in [-0.39, 0.29) is 23.3 Å². The molecule has 0 saturated heterocycles. The number of nitrogens with one attached hydrogen (secondary N) is 3. The van der Waals surface area contributed by atoms with Crippen LogP contribution >= 0.6 is 0 Å². The van der Waals surface area contributed by atoms with E-state index in [1.165, 1.54) is 6.07 Å². The van der Waals surface area contributed by atoms with Gasteiger partial charge in [0.1, 0.15) is 23.3 Å². The first-order chi connectivity index (χ1) is 9.12. The lowest BCUT2D eigenvalue weighted by Crippen LogP contribution is -2.14. The second-order valence-corrected chi connectivity index (χ2v) is 3.50. The van der Waals surface area contributed by atoms with Crippen LogP contribution < -0.4 is 27.9 Å². The van der Waals surface area contributed by atoms with E-state index in [4.69, 9.17) is 11.7 Å². The van der Waals surface area contributed by atoms with Crippen LogP contribution in [0.15, 0.2) is 24.3 Å². The van der Waals surface area contributed by atoms with E-state index >= 15 is 0 Å². The quantitative estimate of drug-likeness (QED) is 0.416. The van der Waals surface area contributed by atoms with Gasteiger partial charge in [0.05, 0.1) is 5.69 Å². The Morgan fingerprint density at radius 2 is 1.58 bits per heavy atom. The third-order valence-corrected chi connectivity index (χ3v) is 2.20. The maximum absolute atomic E-state index is 13.5. The van der Waals surface area contributed by atoms with Crippen molar-refractivity contribution >= 4 is 23.3 Å². The molecule has 1 aromatic carbocycles. The predicted molar refractivity (Wildman–Crippen MR) is 67.3 cm³/mol. The van der Waals surface area contributed by atoms with Crippen molar-refractivity contribution in [2.24, 2.45) is 11.7 Å². The summed E-state index contributed by atoms with van der Waals surface area (Å²) < 4.78 is 26.5. The molecule has 7 nitrogen and oxygen atoms in total. The number of nitrogen functional groups attached to an aromatic ring is 2. The Morgan fingerprint density at radius 1 is 0.947 bits per heavy atom. The van der Waals surface area contributed by atoms with Gasteiger partial charge in [-0.05, 0) is 12.1 Å². The second kappa shape index (κ2) is 5.42. The minimum atomic E-state index is -0.640. The summed E-state index contributed by atoms with van der Waals surface area (Å²) in [4.78, 5) is 7.85. The van der Waals surface area contributed by atoms with E-state index < -0.39 is 11.6 Å². The van der Waals surface area contributed by atoms with Crippen LogP contribution in [0.5, 0.6) is 0 Å². The van der Waals surface area contributed by atoms with Crippen LogP contribution in [0.3, 0.4) is 0 Å². The lowest BCUT2D eigenvalue weighted by atomic mass is 10.3. The normalized spacial score (nSPS) is 10.1. The monoisotopic (exact) mass is 267 g/mol. The molecule has 2 aromatic rings. The van der Waals surface area contributed by atoms with E-state index in [0.717, 1.165) is 18.2 Å². The number of hydrogen-bond acceptors (Lipinski definition) is 7. The van der Waals surface area contributed by atoms with E-state index in [1.807, 2.05) is 0 Å². The van der Waals surface area contributed by atoms with Gasteiger partial charge in [0.25, 0.3) is 0 Å². The second-order valence-electron chi connectivity index (χ2n) is 3.50. The van der Waals surface area contributed by atoms with Crippen LogP contribution in [-0.2, 0) is 0 Å². The molecule has 0 amide bonds. The van der Waals surface area contributed by atoms with Gasteiger partial charge in [0.2, 0.25) is 5.95 Å². The SMILES string of the molecule is NNc1cc(NN)nc(Nc2cc(F)ccc2F)n1. The summed E-state index contributed by atoms with van der Waals surface area (Å²) in [5, 5.41) is 2.53. The van der Waals surface area contributed by atoms with Gasteiger partial charge in [0.15, 0.2) is 0 Å². The van der Waals surface area contributed by atoms with E-state index in [1.54, 1.807) is 0 Å². The molecule has 0 unspecified atom stereocenters. The Morgan fingerprint density at radius 3 is 2.16 bits per heavy atom. The Hall–Kier alpha value is -2.52. The van der Waals surface area contributed by atoms with Crippen LogP contribution in [-0.4, -0.2) is 9.97 Å². The Kier molecular flexibility index (Phi) is 3.68. The zero-order valence-corrected chi connectivity index (χ0v) is 9.61. The average Bonchev–Trinajstić information content (AvgIpc) is 2.42. The summed E-state index contributed by atoms with van der Waals surface area (Å²) in [6, 6.07) is 4.42. The smallest absolute Gasteiger partial charge is 0.231 e. The van der Waals surface area contributed by atoms with Gasteiger partial charge in [-0.25, -0.2) is 20.5 Å². The van der Waals surface area contributed by atoms with Crippen molar-refractivity contribution < 1.29 is 8.78 Å². The molecule has 1 aromatic heterocycles. The maximum atomic E-state index is 13.5. The van der Waals surface area contributed by atoms with Gasteiger partial charge in [-0.3, -0.25) is 0 Å². The number of hydrazine groups is 2. The van der Waals surface area contributed by atoms with Crippen molar-refractivity contribution in [2.45, 2.75) is 0 Å². The molecule has 0 saturated carbocycles. The largest absolute Gasteiger partial charge is 0.321 e. The first-order valence-corrected chi connectivity index (χ1v) is 5.17. The predicted octanol–water partition coefficient (Wildman–Crippen LogP) is 1.07. The van der Waals surface area contributed by atoms with E-state index in [0.29, 0.717) is 0 Å². The molecule has 0 aliphatic heterocycles. The van der Waals surface area contributed by atoms with Gasteiger partial charge in [-0.1, -0.05) is 0 Å². The molecular formula is C10H11F2N7. The van der Waals surface area contributed by atoms with Crippen molar-refractivity contribution in [1.82, 2.24) is 9.97 Å². The third kappa shape index (κ3) is 3.03. The molecule has 9 heteroatoms. The van der Waals surface area contributed by atoms with Gasteiger partial charge in [0, 0.05) is 12.1 Å². The number of halogens is 2. The lowest BCUT2D eigenvalue weighted by Gasteiger charge is -2.09. The van der Waals surface area contributed by atoms with E-state index in [2.05, 4.69) is 26.1 Å². The molecule has 0 fully saturated rings. The molecule has 0 spiro atoms. The average molecular weight is 267 g/mol. The lowest BCUT2D eigenvalue weighted by molar-refractivity contribution is 0.603. The number of rotatable bonds is 4. The number of nitrogens with zero attached hydrogens (tertiary/aromatic N) is 2. The van der Waals surface area contributed by atoms with E-state index in [9.17, 15) is 8.78 Å². The first kappa shape index (κ1) is 12.9. The number of benzene rings is 1. The molecule has 0 atom stereocenters. The van der Waals surface area contributed by atoms with Gasteiger partial charge >= 0.3 is 0 Å². The summed E-state index contributed by atoms with van der Waals surface area (Å²) in [6.07, 6.45) is 0. The third-order valence-electron chi connectivity index (χ3n) is 2.20. The fourth-order valence-corrected chi connectivity index (χ4v) is 1.36. The Balaban J connectivity index is 2.34. The fourth-order valence-electron chi connectivity index (χ4n) is 1.36. The molecule has 0 bridgehead atoms. The molecule has 2 rings (SSSR count). The van der Waals surface area contributed by atoms with Crippen molar-refractivity contribution in [3.8, 4) is 0 Å². The summed E-state index contributed by atoms with van der Waals surface area (Å²) in [5.41, 5.74) is 4.50. The van der Waals surface area contributed by atoms with Gasteiger partial charge in [-0.15, -0.1) is 0 Å². The van der Waals surface area contributed by atoms with Crippen LogP contribution in [0.25, 0.3) is 0 Å². The highest BCUT2D eigenvalue weighted by molar-refractivity contribution is 5.58. The highest BCUT2D eigenvalue weighted by Gasteiger charge is 2.08. The summed E-state index contributed by atoms with van der Waals surface area (Å²) >= 11 is 0. The summed E-state index contributed by atoms with van der Waals surface area (Å²) in [5.74, 6) is 9.72. The van der Waals surface area contributed by atoms with Crippen molar-refractivity contribution in [3.05, 3.63) is 35.9 Å². The number of nitrogens with two attached hydrogens (primary N) is 2. The molecule has 0 aliphatic rings. The standard InChI is InChI=1S/C10H11F2N7/c11-5-1-2-6(12)7(3-5)15-10-16-8(18-13)4-9(17-10)19-14/h1-4H,13-14H2,(H3,15,16,17,18,19). The maximum Gasteiger partial charge on any atom is 0.231 e. The minimum Gasteiger partial charge on any atom is -0.321 e. The van der Waals surface area contributed by atoms with Gasteiger partial charge in [-0.2, -0.15) is 9.97 Å². The first-order valence-electron chi connectivity index (χ1n) is 5.17. The number of hydrogen-bond donors (Lipinski definition) is 5. The number of anilines is 4. The molecular weight excluding hydrogens is 256 g/mol. The Bertz CT molecular complexity index is 568. The van der Waals surface area contributed by atoms with Crippen LogP contribution in [0.2, 0.25) is 0 Å². The minimum absolute atomic E-state index is 0.00731. The highest BCUT2D eigenvalue weighted by Crippen LogP contribution is 2.20. The molecule has 7 N–H and O–H groups in total. The zero-order chi connectivity index (χ0) is 13.8. The topological polar surface area (TPSA) is 114 Å². The van der Waals surface area contributed by atoms with Crippen molar-refractivity contribution in [1.29, 1.82) is 0 Å². The van der Waals surface area contributed by atoms with Crippen LogP contribution in [0.4, 0.5) is 32.1 Å². The molecule has 19 heavy (non-hydrogen) atoms. The summed E-state index contributed by atoms with van der Waals surface area (Å²) in [7, 11) is 0. The summed E-state index contributed by atoms with van der Waals surface area (Å²) in [6.45, 7) is 0. The molecule has 0 radical (unpaired) electrons. The zero-order valence-electron chi connectivity index (χ0n) is 9.61. The fraction of sp³-hybridized carbons (Fsp3) is 0. The van der Waals surface area contributed by atoms with Crippen LogP contribution in [0.1, 0.15) is 0 Å².